The minimum absolute atomic E-state index is 0.805. The molecule has 1 aromatic heterocycles. The zero-order valence-corrected chi connectivity index (χ0v) is 12.1. The van der Waals surface area contributed by atoms with Crippen LogP contribution in [0.15, 0.2) is 24.3 Å². The molecule has 2 aromatic rings. The van der Waals surface area contributed by atoms with Gasteiger partial charge in [0.2, 0.25) is 0 Å². The van der Waals surface area contributed by atoms with Crippen molar-refractivity contribution in [2.45, 2.75) is 46.6 Å². The highest BCUT2D eigenvalue weighted by Crippen LogP contribution is 2.29. The van der Waals surface area contributed by atoms with E-state index in [4.69, 9.17) is 10.7 Å². The number of aryl methyl sites for hydroxylation is 2. The molecular weight excluding hydrogens is 234 g/mol. The van der Waals surface area contributed by atoms with Gasteiger partial charge in [-0.25, -0.2) is 4.98 Å². The molecule has 0 aliphatic heterocycles. The Morgan fingerprint density at radius 1 is 1.11 bits per heavy atom. The molecule has 0 saturated heterocycles. The molecular formula is C16H23N3. The van der Waals surface area contributed by atoms with Crippen molar-refractivity contribution in [1.82, 2.24) is 9.55 Å². The van der Waals surface area contributed by atoms with Crippen molar-refractivity contribution < 1.29 is 0 Å². The third-order valence-corrected chi connectivity index (χ3v) is 3.50. The molecule has 0 saturated carbocycles. The zero-order chi connectivity index (χ0) is 13.8. The van der Waals surface area contributed by atoms with Gasteiger partial charge in [0.05, 0.1) is 0 Å². The molecule has 102 valence electrons. The molecule has 0 aliphatic rings. The highest BCUT2D eigenvalue weighted by atomic mass is 15.1. The van der Waals surface area contributed by atoms with Gasteiger partial charge in [0, 0.05) is 18.5 Å². The number of hydrogen-bond acceptors (Lipinski definition) is 2. The Morgan fingerprint density at radius 2 is 1.84 bits per heavy atom. The molecule has 0 aliphatic carbocycles. The van der Waals surface area contributed by atoms with Crippen LogP contribution in [0.3, 0.4) is 0 Å². The fourth-order valence-corrected chi connectivity index (χ4v) is 2.51. The van der Waals surface area contributed by atoms with Gasteiger partial charge >= 0.3 is 0 Å². The highest BCUT2D eigenvalue weighted by Gasteiger charge is 2.16. The zero-order valence-electron chi connectivity index (χ0n) is 12.1. The van der Waals surface area contributed by atoms with Crippen LogP contribution in [0.4, 0.5) is 5.82 Å². The molecule has 0 fully saturated rings. The number of nitrogens with two attached hydrogens (primary N) is 1. The van der Waals surface area contributed by atoms with Crippen molar-refractivity contribution in [3.8, 4) is 11.3 Å². The first-order valence-corrected chi connectivity index (χ1v) is 7.16. The van der Waals surface area contributed by atoms with Crippen LogP contribution in [0.5, 0.6) is 0 Å². The third kappa shape index (κ3) is 2.50. The fourth-order valence-electron chi connectivity index (χ4n) is 2.51. The van der Waals surface area contributed by atoms with E-state index in [9.17, 15) is 0 Å². The molecule has 0 amide bonds. The molecule has 1 aromatic carbocycles. The number of aromatic nitrogens is 2. The number of imidazole rings is 1. The summed E-state index contributed by atoms with van der Waals surface area (Å²) >= 11 is 0. The molecule has 0 atom stereocenters. The number of rotatable bonds is 5. The molecule has 0 bridgehead atoms. The monoisotopic (exact) mass is 257 g/mol. The molecule has 0 unspecified atom stereocenters. The van der Waals surface area contributed by atoms with Crippen molar-refractivity contribution in [3.05, 3.63) is 35.7 Å². The average Bonchev–Trinajstić information content (AvgIpc) is 2.76. The second kappa shape index (κ2) is 5.91. The first kappa shape index (κ1) is 13.7. The topological polar surface area (TPSA) is 43.8 Å². The van der Waals surface area contributed by atoms with Crippen molar-refractivity contribution in [2.24, 2.45) is 0 Å². The Balaban J connectivity index is 2.56. The van der Waals surface area contributed by atoms with E-state index in [2.05, 4.69) is 49.6 Å². The van der Waals surface area contributed by atoms with Gasteiger partial charge in [0.15, 0.2) is 0 Å². The van der Waals surface area contributed by atoms with Crippen LogP contribution in [-0.4, -0.2) is 9.55 Å². The minimum Gasteiger partial charge on any atom is -0.383 e. The maximum Gasteiger partial charge on any atom is 0.131 e. The van der Waals surface area contributed by atoms with E-state index in [-0.39, 0.29) is 0 Å². The Kier molecular flexibility index (Phi) is 4.25. The summed E-state index contributed by atoms with van der Waals surface area (Å²) in [6.45, 7) is 7.40. The molecule has 2 rings (SSSR count). The normalized spacial score (nSPS) is 10.9. The van der Waals surface area contributed by atoms with Gasteiger partial charge in [0.25, 0.3) is 0 Å². The molecule has 19 heavy (non-hydrogen) atoms. The van der Waals surface area contributed by atoms with Gasteiger partial charge in [-0.05, 0) is 18.4 Å². The standard InChI is InChI=1S/C16H23N3/c1-4-11-19-14(6-3)18-15(16(19)17)13-10-8-7-9-12(13)5-2/h7-10H,4-6,11,17H2,1-3H3. The SMILES string of the molecule is CCCn1c(CC)nc(-c2ccccc2CC)c1N. The quantitative estimate of drug-likeness (QED) is 0.888. The van der Waals surface area contributed by atoms with Crippen molar-refractivity contribution in [3.63, 3.8) is 0 Å². The van der Waals surface area contributed by atoms with Gasteiger partial charge < -0.3 is 10.3 Å². The first-order valence-electron chi connectivity index (χ1n) is 7.16. The van der Waals surface area contributed by atoms with E-state index < -0.39 is 0 Å². The van der Waals surface area contributed by atoms with Crippen LogP contribution < -0.4 is 5.73 Å². The van der Waals surface area contributed by atoms with Gasteiger partial charge in [-0.3, -0.25) is 0 Å². The summed E-state index contributed by atoms with van der Waals surface area (Å²) < 4.78 is 2.15. The second-order valence-corrected chi connectivity index (χ2v) is 4.78. The van der Waals surface area contributed by atoms with Crippen LogP contribution in [0, 0.1) is 0 Å². The summed E-state index contributed by atoms with van der Waals surface area (Å²) in [5.41, 5.74) is 9.75. The number of anilines is 1. The van der Waals surface area contributed by atoms with Gasteiger partial charge in [-0.2, -0.15) is 0 Å². The summed E-state index contributed by atoms with van der Waals surface area (Å²) in [5, 5.41) is 0. The van der Waals surface area contributed by atoms with E-state index in [1.54, 1.807) is 0 Å². The van der Waals surface area contributed by atoms with Gasteiger partial charge in [-0.15, -0.1) is 0 Å². The Morgan fingerprint density at radius 3 is 2.47 bits per heavy atom. The summed E-state index contributed by atoms with van der Waals surface area (Å²) in [6, 6.07) is 8.40. The van der Waals surface area contributed by atoms with E-state index in [0.29, 0.717) is 0 Å². The number of benzene rings is 1. The maximum atomic E-state index is 6.32. The lowest BCUT2D eigenvalue weighted by molar-refractivity contribution is 0.650. The fraction of sp³-hybridized carbons (Fsp3) is 0.438. The lowest BCUT2D eigenvalue weighted by atomic mass is 10.0. The molecule has 1 heterocycles. The van der Waals surface area contributed by atoms with Crippen molar-refractivity contribution in [1.29, 1.82) is 0 Å². The maximum absolute atomic E-state index is 6.32. The predicted molar refractivity (Wildman–Crippen MR) is 81.1 cm³/mol. The minimum atomic E-state index is 0.805. The number of hydrogen-bond donors (Lipinski definition) is 1. The predicted octanol–water partition coefficient (Wildman–Crippen LogP) is 3.67. The van der Waals surface area contributed by atoms with Gasteiger partial charge in [0.1, 0.15) is 17.3 Å². The summed E-state index contributed by atoms with van der Waals surface area (Å²) in [5.74, 6) is 1.89. The molecule has 3 heteroatoms. The first-order chi connectivity index (χ1) is 9.22. The summed E-state index contributed by atoms with van der Waals surface area (Å²) in [4.78, 5) is 4.76. The lowest BCUT2D eigenvalue weighted by Gasteiger charge is -2.08. The summed E-state index contributed by atoms with van der Waals surface area (Å²) in [6.07, 6.45) is 2.98. The molecule has 0 radical (unpaired) electrons. The highest BCUT2D eigenvalue weighted by molar-refractivity contribution is 5.73. The largest absolute Gasteiger partial charge is 0.383 e. The Bertz CT molecular complexity index is 555. The van der Waals surface area contributed by atoms with Crippen LogP contribution in [0.25, 0.3) is 11.3 Å². The van der Waals surface area contributed by atoms with E-state index >= 15 is 0 Å². The third-order valence-electron chi connectivity index (χ3n) is 3.50. The molecule has 2 N–H and O–H groups in total. The van der Waals surface area contributed by atoms with Crippen LogP contribution >= 0.6 is 0 Å². The summed E-state index contributed by atoms with van der Waals surface area (Å²) in [7, 11) is 0. The average molecular weight is 257 g/mol. The smallest absolute Gasteiger partial charge is 0.131 e. The van der Waals surface area contributed by atoms with Crippen LogP contribution in [0.2, 0.25) is 0 Å². The molecule has 3 nitrogen and oxygen atoms in total. The molecule has 0 spiro atoms. The second-order valence-electron chi connectivity index (χ2n) is 4.78. The van der Waals surface area contributed by atoms with E-state index in [0.717, 1.165) is 43.1 Å². The number of nitrogen functional groups attached to an aromatic ring is 1. The Hall–Kier alpha value is -1.77. The number of nitrogens with zero attached hydrogens (tertiary/aromatic N) is 2. The van der Waals surface area contributed by atoms with E-state index in [1.807, 2.05) is 0 Å². The lowest BCUT2D eigenvalue weighted by Crippen LogP contribution is -2.06. The van der Waals surface area contributed by atoms with E-state index in [1.165, 1.54) is 11.1 Å². The van der Waals surface area contributed by atoms with Gasteiger partial charge in [-0.1, -0.05) is 45.0 Å². The van der Waals surface area contributed by atoms with Crippen molar-refractivity contribution in [2.75, 3.05) is 5.73 Å². The van der Waals surface area contributed by atoms with Crippen LogP contribution in [-0.2, 0) is 19.4 Å². The van der Waals surface area contributed by atoms with Crippen LogP contribution in [0.1, 0.15) is 38.6 Å². The Labute approximate surface area is 115 Å². The van der Waals surface area contributed by atoms with Crippen molar-refractivity contribution >= 4 is 5.82 Å².